The molecule has 0 bridgehead atoms. The molecule has 3 rings (SSSR count). The molecule has 1 saturated heterocycles. The van der Waals surface area contributed by atoms with E-state index in [2.05, 4.69) is 9.97 Å². The van der Waals surface area contributed by atoms with Crippen LogP contribution in [0, 0.1) is 5.82 Å². The zero-order chi connectivity index (χ0) is 16.1. The molecule has 1 aliphatic heterocycles. The maximum atomic E-state index is 14.3. The number of aromatic carboxylic acids is 1. The lowest BCUT2D eigenvalue weighted by Gasteiger charge is -2.21. The largest absolute Gasteiger partial charge is 0.477 e. The number of rotatable bonds is 2. The molecule has 0 radical (unpaired) electrons. The molecule has 4 N–H and O–H groups in total. The number of fused-ring (bicyclic) bond motifs is 1. The Labute approximate surface area is 124 Å². The number of aromatic amines is 1. The number of carboxylic acid groups (broad SMARTS) is 1. The Morgan fingerprint density at radius 2 is 2.32 bits per heavy atom. The highest BCUT2D eigenvalue weighted by molar-refractivity contribution is 5.91. The van der Waals surface area contributed by atoms with Crippen molar-refractivity contribution in [3.05, 3.63) is 33.9 Å². The van der Waals surface area contributed by atoms with Gasteiger partial charge >= 0.3 is 5.97 Å². The van der Waals surface area contributed by atoms with E-state index in [0.29, 0.717) is 19.5 Å². The molecule has 0 spiro atoms. The molecule has 7 nitrogen and oxygen atoms in total. The molecule has 0 saturated carbocycles. The van der Waals surface area contributed by atoms with Gasteiger partial charge in [0.1, 0.15) is 11.2 Å². The van der Waals surface area contributed by atoms with E-state index >= 15 is 0 Å². The SMILES string of the molecule is CC1(N)CCN(c2nc3[nH]cc(C(=O)O)c(=O)c3cc2F)C1. The summed E-state index contributed by atoms with van der Waals surface area (Å²) in [5, 5.41) is 8.84. The van der Waals surface area contributed by atoms with E-state index < -0.39 is 28.3 Å². The zero-order valence-corrected chi connectivity index (χ0v) is 11.9. The predicted molar refractivity (Wildman–Crippen MR) is 78.7 cm³/mol. The van der Waals surface area contributed by atoms with Gasteiger partial charge in [-0.15, -0.1) is 0 Å². The molecular formula is C14H15FN4O3. The van der Waals surface area contributed by atoms with Crippen molar-refractivity contribution in [3.63, 3.8) is 0 Å². The number of halogens is 1. The lowest BCUT2D eigenvalue weighted by Crippen LogP contribution is -2.39. The van der Waals surface area contributed by atoms with Crippen molar-refractivity contribution in [2.24, 2.45) is 5.73 Å². The smallest absolute Gasteiger partial charge is 0.341 e. The lowest BCUT2D eigenvalue weighted by molar-refractivity contribution is 0.0695. The van der Waals surface area contributed by atoms with Gasteiger partial charge in [-0.1, -0.05) is 0 Å². The summed E-state index contributed by atoms with van der Waals surface area (Å²) in [4.78, 5) is 31.4. The summed E-state index contributed by atoms with van der Waals surface area (Å²) >= 11 is 0. The van der Waals surface area contributed by atoms with Crippen LogP contribution in [0.1, 0.15) is 23.7 Å². The van der Waals surface area contributed by atoms with Crippen LogP contribution in [-0.2, 0) is 0 Å². The van der Waals surface area contributed by atoms with E-state index in [4.69, 9.17) is 10.8 Å². The molecule has 116 valence electrons. The van der Waals surface area contributed by atoms with E-state index in [1.165, 1.54) is 0 Å². The van der Waals surface area contributed by atoms with Gasteiger partial charge in [0.25, 0.3) is 0 Å². The minimum atomic E-state index is -1.37. The molecule has 0 amide bonds. The third-order valence-corrected chi connectivity index (χ3v) is 3.83. The summed E-state index contributed by atoms with van der Waals surface area (Å²) in [6.07, 6.45) is 1.78. The van der Waals surface area contributed by atoms with Crippen LogP contribution < -0.4 is 16.1 Å². The number of nitrogens with two attached hydrogens (primary N) is 1. The highest BCUT2D eigenvalue weighted by Gasteiger charge is 2.32. The second kappa shape index (κ2) is 4.77. The number of carboxylic acids is 1. The zero-order valence-electron chi connectivity index (χ0n) is 11.9. The third kappa shape index (κ3) is 2.31. The summed E-state index contributed by atoms with van der Waals surface area (Å²) in [7, 11) is 0. The van der Waals surface area contributed by atoms with Crippen LogP contribution in [0.2, 0.25) is 0 Å². The standard InChI is InChI=1S/C14H15FN4O3/c1-14(16)2-3-19(6-14)12-9(15)4-7-10(20)8(13(21)22)5-17-11(7)18-12/h4-5H,2-3,6,16H2,1H3,(H,21,22)(H,17,18,20). The second-order valence-electron chi connectivity index (χ2n) is 5.85. The number of hydrogen-bond donors (Lipinski definition) is 3. The van der Waals surface area contributed by atoms with Gasteiger partial charge in [-0.25, -0.2) is 14.2 Å². The number of hydrogen-bond acceptors (Lipinski definition) is 5. The van der Waals surface area contributed by atoms with Crippen LogP contribution >= 0.6 is 0 Å². The van der Waals surface area contributed by atoms with Crippen LogP contribution in [0.25, 0.3) is 11.0 Å². The molecular weight excluding hydrogens is 291 g/mol. The maximum absolute atomic E-state index is 14.3. The first-order valence-corrected chi connectivity index (χ1v) is 6.77. The van der Waals surface area contributed by atoms with Gasteiger partial charge in [0.2, 0.25) is 5.43 Å². The Morgan fingerprint density at radius 3 is 2.91 bits per heavy atom. The molecule has 2 aromatic rings. The first-order chi connectivity index (χ1) is 10.3. The van der Waals surface area contributed by atoms with Crippen molar-refractivity contribution in [1.29, 1.82) is 0 Å². The number of aromatic nitrogens is 2. The summed E-state index contributed by atoms with van der Waals surface area (Å²) < 4.78 is 14.3. The predicted octanol–water partition coefficient (Wildman–Crippen LogP) is 0.688. The second-order valence-corrected chi connectivity index (χ2v) is 5.85. The minimum absolute atomic E-state index is 0.0872. The van der Waals surface area contributed by atoms with Crippen molar-refractivity contribution < 1.29 is 14.3 Å². The molecule has 1 fully saturated rings. The van der Waals surface area contributed by atoms with E-state index in [-0.39, 0.29) is 16.9 Å². The topological polar surface area (TPSA) is 112 Å². The van der Waals surface area contributed by atoms with E-state index in [1.807, 2.05) is 6.92 Å². The summed E-state index contributed by atoms with van der Waals surface area (Å²) in [6, 6.07) is 1.02. The highest BCUT2D eigenvalue weighted by atomic mass is 19.1. The van der Waals surface area contributed by atoms with Gasteiger partial charge in [-0.3, -0.25) is 4.79 Å². The Morgan fingerprint density at radius 1 is 1.59 bits per heavy atom. The van der Waals surface area contributed by atoms with E-state index in [1.54, 1.807) is 4.90 Å². The Bertz CT molecular complexity index is 831. The fourth-order valence-electron chi connectivity index (χ4n) is 2.66. The molecule has 1 unspecified atom stereocenters. The third-order valence-electron chi connectivity index (χ3n) is 3.83. The highest BCUT2D eigenvalue weighted by Crippen LogP contribution is 2.26. The molecule has 2 aromatic heterocycles. The quantitative estimate of drug-likeness (QED) is 0.752. The first kappa shape index (κ1) is 14.5. The van der Waals surface area contributed by atoms with Crippen LogP contribution in [-0.4, -0.2) is 39.7 Å². The average Bonchev–Trinajstić information content (AvgIpc) is 2.79. The molecule has 1 atom stereocenters. The van der Waals surface area contributed by atoms with Gasteiger partial charge < -0.3 is 20.7 Å². The molecule has 3 heterocycles. The van der Waals surface area contributed by atoms with Crippen molar-refractivity contribution in [2.45, 2.75) is 18.9 Å². The Hall–Kier alpha value is -2.48. The van der Waals surface area contributed by atoms with Gasteiger partial charge in [0.05, 0.1) is 5.39 Å². The van der Waals surface area contributed by atoms with Crippen molar-refractivity contribution in [3.8, 4) is 0 Å². The van der Waals surface area contributed by atoms with Crippen molar-refractivity contribution in [1.82, 2.24) is 9.97 Å². The fraction of sp³-hybridized carbons (Fsp3) is 0.357. The Kier molecular flexibility index (Phi) is 3.13. The number of pyridine rings is 2. The molecule has 22 heavy (non-hydrogen) atoms. The Balaban J connectivity index is 2.12. The van der Waals surface area contributed by atoms with Gasteiger partial charge in [-0.2, -0.15) is 0 Å². The van der Waals surface area contributed by atoms with Gasteiger partial charge in [0.15, 0.2) is 11.6 Å². The molecule has 8 heteroatoms. The van der Waals surface area contributed by atoms with Crippen molar-refractivity contribution >= 4 is 22.8 Å². The number of H-pyrrole nitrogens is 1. The van der Waals surface area contributed by atoms with E-state index in [0.717, 1.165) is 12.3 Å². The maximum Gasteiger partial charge on any atom is 0.341 e. The molecule has 0 aromatic carbocycles. The number of carbonyl (C=O) groups is 1. The summed E-state index contributed by atoms with van der Waals surface area (Å²) in [6.45, 7) is 2.91. The fourth-order valence-corrected chi connectivity index (χ4v) is 2.66. The average molecular weight is 306 g/mol. The van der Waals surface area contributed by atoms with Crippen LogP contribution in [0.5, 0.6) is 0 Å². The van der Waals surface area contributed by atoms with Crippen molar-refractivity contribution in [2.75, 3.05) is 18.0 Å². The van der Waals surface area contributed by atoms with Gasteiger partial charge in [-0.05, 0) is 19.4 Å². The summed E-state index contributed by atoms with van der Waals surface area (Å²) in [5.41, 5.74) is 4.56. The molecule has 0 aliphatic carbocycles. The first-order valence-electron chi connectivity index (χ1n) is 6.77. The van der Waals surface area contributed by atoms with Gasteiger partial charge in [0, 0.05) is 24.8 Å². The van der Waals surface area contributed by atoms with Crippen LogP contribution in [0.3, 0.4) is 0 Å². The lowest BCUT2D eigenvalue weighted by atomic mass is 10.0. The monoisotopic (exact) mass is 306 g/mol. The number of nitrogens with one attached hydrogen (secondary N) is 1. The number of nitrogens with zero attached hydrogens (tertiary/aromatic N) is 2. The number of anilines is 1. The minimum Gasteiger partial charge on any atom is -0.477 e. The normalized spacial score (nSPS) is 21.5. The van der Waals surface area contributed by atoms with Crippen LogP contribution in [0.15, 0.2) is 17.1 Å². The van der Waals surface area contributed by atoms with Crippen LogP contribution in [0.4, 0.5) is 10.2 Å². The van der Waals surface area contributed by atoms with E-state index in [9.17, 15) is 14.0 Å². The molecule has 1 aliphatic rings. The summed E-state index contributed by atoms with van der Waals surface area (Å²) in [5.74, 6) is -1.93.